The Kier molecular flexibility index (Phi) is 12.0. The van der Waals surface area contributed by atoms with Crippen molar-refractivity contribution >= 4 is 78.0 Å². The first-order chi connectivity index (χ1) is 37.3. The summed E-state index contributed by atoms with van der Waals surface area (Å²) in [6.07, 6.45) is 11.5. The van der Waals surface area contributed by atoms with Gasteiger partial charge < -0.3 is 9.80 Å². The Balaban J connectivity index is 1.10. The Hall–Kier alpha value is -5.84. The molecule has 1 spiro atoms. The van der Waals surface area contributed by atoms with Crippen molar-refractivity contribution in [3.63, 3.8) is 0 Å². The first kappa shape index (κ1) is 52.5. The molecule has 0 radical (unpaired) electrons. The molecule has 0 N–H and O–H groups in total. The van der Waals surface area contributed by atoms with Gasteiger partial charge in [0.05, 0.1) is 11.4 Å². The summed E-state index contributed by atoms with van der Waals surface area (Å²) in [4.78, 5) is 5.49. The molecule has 0 unspecified atom stereocenters. The van der Waals surface area contributed by atoms with Crippen LogP contribution in [0.5, 0.6) is 0 Å². The molecule has 4 heteroatoms. The van der Waals surface area contributed by atoms with E-state index in [0.717, 1.165) is 0 Å². The van der Waals surface area contributed by atoms with Crippen molar-refractivity contribution in [1.82, 2.24) is 0 Å². The van der Waals surface area contributed by atoms with Crippen molar-refractivity contribution in [3.05, 3.63) is 172 Å². The van der Waals surface area contributed by atoms with Gasteiger partial charge in [0.2, 0.25) is 0 Å². The molecule has 3 aliphatic carbocycles. The lowest BCUT2D eigenvalue weighted by atomic mass is 9.36. The summed E-state index contributed by atoms with van der Waals surface area (Å²) < 4.78 is 2.87. The van der Waals surface area contributed by atoms with E-state index in [2.05, 4.69) is 252 Å². The lowest BCUT2D eigenvalue weighted by Gasteiger charge is -2.45. The maximum Gasteiger partial charge on any atom is 0.264 e. The summed E-state index contributed by atoms with van der Waals surface area (Å²) in [5.74, 6) is 0.609. The van der Waals surface area contributed by atoms with E-state index in [4.69, 9.17) is 0 Å². The zero-order valence-corrected chi connectivity index (χ0v) is 51.3. The van der Waals surface area contributed by atoms with E-state index >= 15 is 0 Å². The number of anilines is 6. The summed E-state index contributed by atoms with van der Waals surface area (Å²) in [6, 6.07) is 52.4. The average molecular weight is 1060 g/mol. The lowest BCUT2D eigenvalue weighted by Crippen LogP contribution is -2.60. The van der Waals surface area contributed by atoms with Crippen LogP contribution in [0.25, 0.3) is 32.3 Å². The van der Waals surface area contributed by atoms with Crippen molar-refractivity contribution in [2.75, 3.05) is 9.80 Å². The van der Waals surface area contributed by atoms with Crippen LogP contribution in [-0.2, 0) is 32.5 Å². The molecule has 404 valence electrons. The Morgan fingerprint density at radius 3 is 1.77 bits per heavy atom. The normalized spacial score (nSPS) is 17.1. The number of rotatable bonds is 4. The number of hydrogen-bond donors (Lipinski definition) is 0. The first-order valence-corrected chi connectivity index (χ1v) is 31.2. The van der Waals surface area contributed by atoms with Crippen LogP contribution in [0.3, 0.4) is 0 Å². The molecule has 8 aromatic rings. The molecule has 0 amide bonds. The van der Waals surface area contributed by atoms with Crippen LogP contribution in [0.2, 0.25) is 0 Å². The molecule has 2 nitrogen and oxygen atoms in total. The third kappa shape index (κ3) is 8.44. The Morgan fingerprint density at radius 2 is 1.11 bits per heavy atom. The van der Waals surface area contributed by atoms with Gasteiger partial charge in [-0.25, -0.2) is 0 Å². The van der Waals surface area contributed by atoms with Gasteiger partial charge in [-0.2, -0.15) is 0 Å². The minimum Gasteiger partial charge on any atom is -0.311 e. The molecule has 3 heterocycles. The molecule has 79 heavy (non-hydrogen) atoms. The summed E-state index contributed by atoms with van der Waals surface area (Å²) in [5.41, 5.74) is 27.7. The summed E-state index contributed by atoms with van der Waals surface area (Å²) in [6.45, 7) is 35.7. The monoisotopic (exact) mass is 1060 g/mol. The van der Waals surface area contributed by atoms with Crippen LogP contribution >= 0.6 is 11.3 Å². The highest BCUT2D eigenvalue weighted by atomic mass is 32.1. The molecule has 2 fully saturated rings. The zero-order valence-electron chi connectivity index (χ0n) is 50.4. The second-order valence-corrected chi connectivity index (χ2v) is 31.1. The first-order valence-electron chi connectivity index (χ1n) is 30.4. The lowest BCUT2D eigenvalue weighted by molar-refractivity contribution is 0.444. The van der Waals surface area contributed by atoms with Gasteiger partial charge in [-0.3, -0.25) is 0 Å². The maximum atomic E-state index is 2.84. The van der Waals surface area contributed by atoms with Crippen LogP contribution in [0.15, 0.2) is 127 Å². The Morgan fingerprint density at radius 1 is 0.481 bits per heavy atom. The number of hydrogen-bond acceptors (Lipinski definition) is 3. The van der Waals surface area contributed by atoms with Gasteiger partial charge in [-0.1, -0.05) is 215 Å². The van der Waals surface area contributed by atoms with E-state index in [0.29, 0.717) is 5.92 Å². The van der Waals surface area contributed by atoms with Gasteiger partial charge in [0.25, 0.3) is 6.71 Å². The van der Waals surface area contributed by atoms with E-state index in [9.17, 15) is 0 Å². The highest BCUT2D eigenvalue weighted by molar-refractivity contribution is 7.33. The van der Waals surface area contributed by atoms with Crippen molar-refractivity contribution in [1.29, 1.82) is 0 Å². The fraction of sp³-hybridized carbons (Fsp3) is 0.413. The van der Waals surface area contributed by atoms with Crippen molar-refractivity contribution in [2.45, 2.75) is 200 Å². The van der Waals surface area contributed by atoms with Crippen molar-refractivity contribution < 1.29 is 0 Å². The Labute approximate surface area is 479 Å². The molecule has 0 saturated heterocycles. The van der Waals surface area contributed by atoms with Gasteiger partial charge in [0.15, 0.2) is 0 Å². The fourth-order valence-corrected chi connectivity index (χ4v) is 16.4. The summed E-state index contributed by atoms with van der Waals surface area (Å²) >= 11 is 2.06. The SMILES string of the molecule is CC(C)(C)c1ccc2c(c1)B1c3sc4ccc(C5CCCCC5)cc4c3N(c3cccc4c3-c3ccc(C(C)(C)C)cc3C43CCCC3)c3cc(C(C)(C)C)cc(c31)N2c1ccc(-c2ccc(C(C)(C)C)c(C(C)(C)C)c2)cc1. The standard InChI is InChI=1S/C75H85BN2S/c1-70(2,3)50-30-34-54-58(42-50)75(38-19-20-39-75)57-24-21-25-62(66(54)57)78-64-45-52(72(7,8)9)44-63-67(64)76(69-68(78)55-40-48(29-37-65(55)79-69)46-22-17-16-18-23-46)60-43-51(71(4,5)6)31-36-61(60)77(63)53-32-26-47(27-33-53)49-28-35-56(73(10,11)12)59(41-49)74(13,14)15/h21,24-37,40-46H,16-20,22-23,38-39H2,1-15H3. The Bertz CT molecular complexity index is 3740. The smallest absolute Gasteiger partial charge is 0.264 e. The molecule has 13 rings (SSSR count). The van der Waals surface area contributed by atoms with Gasteiger partial charge in [0.1, 0.15) is 0 Å². The van der Waals surface area contributed by atoms with E-state index in [1.54, 1.807) is 11.1 Å². The largest absolute Gasteiger partial charge is 0.311 e. The van der Waals surface area contributed by atoms with Crippen LogP contribution < -0.4 is 25.5 Å². The average Bonchev–Trinajstić information content (AvgIpc) is 2.94. The van der Waals surface area contributed by atoms with Crippen LogP contribution in [0.1, 0.15) is 212 Å². The molecule has 0 atom stereocenters. The highest BCUT2D eigenvalue weighted by Gasteiger charge is 2.50. The predicted octanol–water partition coefficient (Wildman–Crippen LogP) is 20.0. The third-order valence-corrected chi connectivity index (χ3v) is 20.7. The van der Waals surface area contributed by atoms with Gasteiger partial charge in [0, 0.05) is 48.6 Å². The van der Waals surface area contributed by atoms with Gasteiger partial charge in [-0.05, 0) is 179 Å². The molecule has 5 aliphatic rings. The fourth-order valence-electron chi connectivity index (χ4n) is 15.1. The van der Waals surface area contributed by atoms with Crippen molar-refractivity contribution in [2.24, 2.45) is 0 Å². The van der Waals surface area contributed by atoms with E-state index < -0.39 is 0 Å². The minimum absolute atomic E-state index is 0.0203. The maximum absolute atomic E-state index is 2.84. The number of thiophene rings is 1. The molecule has 2 aliphatic heterocycles. The van der Waals surface area contributed by atoms with Crippen LogP contribution in [0.4, 0.5) is 34.1 Å². The predicted molar refractivity (Wildman–Crippen MR) is 345 cm³/mol. The number of benzene rings is 7. The third-order valence-electron chi connectivity index (χ3n) is 19.5. The van der Waals surface area contributed by atoms with Gasteiger partial charge in [-0.15, -0.1) is 11.3 Å². The summed E-state index contributed by atoms with van der Waals surface area (Å²) in [5, 5.41) is 1.42. The molecular weight excluding hydrogens is 972 g/mol. The molecule has 2 saturated carbocycles. The topological polar surface area (TPSA) is 6.48 Å². The molecule has 1 aromatic heterocycles. The van der Waals surface area contributed by atoms with Gasteiger partial charge >= 0.3 is 0 Å². The quantitative estimate of drug-likeness (QED) is 0.162. The van der Waals surface area contributed by atoms with E-state index in [-0.39, 0.29) is 39.2 Å². The molecule has 7 aromatic carbocycles. The number of fused-ring (bicyclic) bond motifs is 11. The second kappa shape index (κ2) is 18.1. The summed E-state index contributed by atoms with van der Waals surface area (Å²) in [7, 11) is 0. The van der Waals surface area contributed by atoms with Crippen molar-refractivity contribution in [3.8, 4) is 22.3 Å². The van der Waals surface area contributed by atoms with E-state index in [1.165, 1.54) is 173 Å². The molecule has 0 bridgehead atoms. The number of nitrogens with zero attached hydrogens (tertiary/aromatic N) is 2. The highest BCUT2D eigenvalue weighted by Crippen LogP contribution is 2.62. The van der Waals surface area contributed by atoms with Crippen LogP contribution in [-0.4, -0.2) is 6.71 Å². The minimum atomic E-state index is -0.129. The second-order valence-electron chi connectivity index (χ2n) is 30.0. The van der Waals surface area contributed by atoms with Crippen LogP contribution in [0, 0.1) is 0 Å². The van der Waals surface area contributed by atoms with E-state index in [1.807, 2.05) is 0 Å². The molecular formula is C75H85BN2S. The zero-order chi connectivity index (χ0) is 55.5.